The van der Waals surface area contributed by atoms with E-state index in [1.165, 1.54) is 17.5 Å². The second-order valence-electron chi connectivity index (χ2n) is 7.70. The maximum atomic E-state index is 12.6. The van der Waals surface area contributed by atoms with Crippen molar-refractivity contribution >= 4 is 29.1 Å². The van der Waals surface area contributed by atoms with Crippen LogP contribution in [0.3, 0.4) is 0 Å². The summed E-state index contributed by atoms with van der Waals surface area (Å²) < 4.78 is 0. The van der Waals surface area contributed by atoms with Crippen molar-refractivity contribution in [1.82, 2.24) is 9.80 Å². The standard InChI is InChI=1S/C25H30N2O2S/c1-20(5-13-24-4-3-19-30-24)26-15-17-27(18-16-26)25(29)14-12-23-10-8-22(9-11-23)7-6-21(2)28/h3-4,6-11,19H,1,5,12-18H2,2H3/b7-6+. The number of hydrogen-bond acceptors (Lipinski definition) is 4. The summed E-state index contributed by atoms with van der Waals surface area (Å²) in [4.78, 5) is 29.3. The highest BCUT2D eigenvalue weighted by Gasteiger charge is 2.21. The summed E-state index contributed by atoms with van der Waals surface area (Å²) in [6.45, 7) is 9.07. The summed E-state index contributed by atoms with van der Waals surface area (Å²) in [5.41, 5.74) is 3.31. The first kappa shape index (κ1) is 22.0. The monoisotopic (exact) mass is 422 g/mol. The van der Waals surface area contributed by atoms with E-state index in [0.29, 0.717) is 6.42 Å². The van der Waals surface area contributed by atoms with Crippen LogP contribution in [0.2, 0.25) is 0 Å². The van der Waals surface area contributed by atoms with Crippen molar-refractivity contribution in [2.75, 3.05) is 26.2 Å². The molecule has 4 nitrogen and oxygen atoms in total. The molecule has 1 aliphatic heterocycles. The number of aryl methyl sites for hydroxylation is 2. The Morgan fingerprint density at radius 2 is 1.70 bits per heavy atom. The van der Waals surface area contributed by atoms with Gasteiger partial charge >= 0.3 is 0 Å². The fourth-order valence-electron chi connectivity index (χ4n) is 3.57. The van der Waals surface area contributed by atoms with Gasteiger partial charge in [0.1, 0.15) is 0 Å². The average molecular weight is 423 g/mol. The molecule has 30 heavy (non-hydrogen) atoms. The van der Waals surface area contributed by atoms with Crippen LogP contribution in [0, 0.1) is 0 Å². The van der Waals surface area contributed by atoms with Gasteiger partial charge in [0.25, 0.3) is 0 Å². The lowest BCUT2D eigenvalue weighted by molar-refractivity contribution is -0.132. The average Bonchev–Trinajstić information content (AvgIpc) is 3.29. The van der Waals surface area contributed by atoms with Crippen LogP contribution in [0.15, 0.2) is 60.1 Å². The van der Waals surface area contributed by atoms with E-state index in [1.54, 1.807) is 17.4 Å². The molecule has 0 N–H and O–H groups in total. The highest BCUT2D eigenvalue weighted by molar-refractivity contribution is 7.09. The van der Waals surface area contributed by atoms with Crippen LogP contribution in [0.25, 0.3) is 6.08 Å². The Labute approximate surface area is 183 Å². The van der Waals surface area contributed by atoms with E-state index in [2.05, 4.69) is 29.0 Å². The Kier molecular flexibility index (Phi) is 8.03. The maximum Gasteiger partial charge on any atom is 0.223 e. The van der Waals surface area contributed by atoms with E-state index in [1.807, 2.05) is 35.2 Å². The van der Waals surface area contributed by atoms with Crippen LogP contribution < -0.4 is 0 Å². The number of hydrogen-bond donors (Lipinski definition) is 0. The minimum atomic E-state index is 0.0378. The summed E-state index contributed by atoms with van der Waals surface area (Å²) in [5, 5.41) is 2.11. The second kappa shape index (κ2) is 10.9. The molecule has 1 saturated heterocycles. The zero-order valence-corrected chi connectivity index (χ0v) is 18.5. The van der Waals surface area contributed by atoms with E-state index >= 15 is 0 Å². The maximum absolute atomic E-state index is 12.6. The van der Waals surface area contributed by atoms with Gasteiger partial charge in [-0.2, -0.15) is 0 Å². The molecule has 1 amide bonds. The summed E-state index contributed by atoms with van der Waals surface area (Å²) in [7, 11) is 0. The lowest BCUT2D eigenvalue weighted by Crippen LogP contribution is -2.48. The molecule has 0 bridgehead atoms. The van der Waals surface area contributed by atoms with Gasteiger partial charge in [-0.3, -0.25) is 9.59 Å². The molecule has 1 aromatic heterocycles. The van der Waals surface area contributed by atoms with Crippen LogP contribution in [0.5, 0.6) is 0 Å². The quantitative estimate of drug-likeness (QED) is 0.556. The molecular weight excluding hydrogens is 392 g/mol. The Morgan fingerprint density at radius 3 is 2.33 bits per heavy atom. The van der Waals surface area contributed by atoms with Crippen molar-refractivity contribution in [2.45, 2.75) is 32.6 Å². The Balaban J connectivity index is 1.38. The van der Waals surface area contributed by atoms with Gasteiger partial charge in [-0.1, -0.05) is 43.0 Å². The van der Waals surface area contributed by atoms with E-state index in [4.69, 9.17) is 0 Å². The molecular formula is C25H30N2O2S. The fraction of sp³-hybridized carbons (Fsp3) is 0.360. The van der Waals surface area contributed by atoms with Gasteiger partial charge in [0.05, 0.1) is 0 Å². The highest BCUT2D eigenvalue weighted by Crippen LogP contribution is 2.18. The first-order chi connectivity index (χ1) is 14.5. The Bertz CT molecular complexity index is 876. The highest BCUT2D eigenvalue weighted by atomic mass is 32.1. The Hall–Kier alpha value is -2.66. The smallest absolute Gasteiger partial charge is 0.223 e. The molecule has 5 heteroatoms. The number of ketones is 1. The molecule has 0 spiro atoms. The van der Waals surface area contributed by atoms with Crippen molar-refractivity contribution < 1.29 is 9.59 Å². The molecule has 3 rings (SSSR count). The minimum Gasteiger partial charge on any atom is -0.372 e. The van der Waals surface area contributed by atoms with Gasteiger partial charge in [-0.15, -0.1) is 11.3 Å². The van der Waals surface area contributed by atoms with E-state index < -0.39 is 0 Å². The minimum absolute atomic E-state index is 0.0378. The number of piperazine rings is 1. The van der Waals surface area contributed by atoms with Crippen molar-refractivity contribution in [1.29, 1.82) is 0 Å². The fourth-order valence-corrected chi connectivity index (χ4v) is 4.28. The van der Waals surface area contributed by atoms with Crippen molar-refractivity contribution in [3.63, 3.8) is 0 Å². The van der Waals surface area contributed by atoms with Gasteiger partial charge < -0.3 is 9.80 Å². The molecule has 0 saturated carbocycles. The van der Waals surface area contributed by atoms with Crippen molar-refractivity contribution in [3.8, 4) is 0 Å². The number of thiophene rings is 1. The summed E-state index contributed by atoms with van der Waals surface area (Å²) in [5.74, 6) is 0.259. The van der Waals surface area contributed by atoms with Gasteiger partial charge in [0.15, 0.2) is 5.78 Å². The zero-order chi connectivity index (χ0) is 21.3. The van der Waals surface area contributed by atoms with Gasteiger partial charge in [-0.05, 0) is 54.8 Å². The Morgan fingerprint density at radius 1 is 1.00 bits per heavy atom. The van der Waals surface area contributed by atoms with Gasteiger partial charge in [-0.25, -0.2) is 0 Å². The third-order valence-corrected chi connectivity index (χ3v) is 6.37. The predicted octanol–water partition coefficient (Wildman–Crippen LogP) is 4.57. The number of carbonyl (C=O) groups excluding carboxylic acids is 2. The molecule has 0 unspecified atom stereocenters. The van der Waals surface area contributed by atoms with Crippen LogP contribution in [-0.2, 0) is 22.4 Å². The third-order valence-electron chi connectivity index (χ3n) is 5.44. The van der Waals surface area contributed by atoms with Gasteiger partial charge in [0.2, 0.25) is 5.91 Å². The van der Waals surface area contributed by atoms with E-state index in [9.17, 15) is 9.59 Å². The van der Waals surface area contributed by atoms with Gasteiger partial charge in [0, 0.05) is 43.2 Å². The summed E-state index contributed by atoms with van der Waals surface area (Å²) in [6.07, 6.45) is 6.66. The number of rotatable bonds is 9. The first-order valence-corrected chi connectivity index (χ1v) is 11.4. The molecule has 2 aromatic rings. The predicted molar refractivity (Wildman–Crippen MR) is 124 cm³/mol. The van der Waals surface area contributed by atoms with E-state index in [-0.39, 0.29) is 11.7 Å². The van der Waals surface area contributed by atoms with Crippen LogP contribution in [-0.4, -0.2) is 47.7 Å². The largest absolute Gasteiger partial charge is 0.372 e. The lowest BCUT2D eigenvalue weighted by atomic mass is 10.1. The van der Waals surface area contributed by atoms with E-state index in [0.717, 1.165) is 56.6 Å². The topological polar surface area (TPSA) is 40.6 Å². The summed E-state index contributed by atoms with van der Waals surface area (Å²) >= 11 is 1.79. The van der Waals surface area contributed by atoms with Crippen LogP contribution >= 0.6 is 11.3 Å². The second-order valence-corrected chi connectivity index (χ2v) is 8.73. The number of amides is 1. The van der Waals surface area contributed by atoms with Crippen molar-refractivity contribution in [3.05, 3.63) is 76.1 Å². The SMILES string of the molecule is C=C(CCc1cccs1)N1CCN(C(=O)CCc2ccc(/C=C/C(C)=O)cc2)CC1. The summed E-state index contributed by atoms with van der Waals surface area (Å²) in [6, 6.07) is 12.3. The molecule has 1 aromatic carbocycles. The third kappa shape index (κ3) is 6.70. The molecule has 0 aliphatic carbocycles. The number of benzene rings is 1. The molecule has 1 fully saturated rings. The first-order valence-electron chi connectivity index (χ1n) is 10.5. The van der Waals surface area contributed by atoms with Crippen LogP contribution in [0.1, 0.15) is 35.8 Å². The zero-order valence-electron chi connectivity index (χ0n) is 17.7. The molecule has 158 valence electrons. The molecule has 1 aliphatic rings. The number of allylic oxidation sites excluding steroid dienone is 2. The molecule has 2 heterocycles. The number of carbonyl (C=O) groups is 2. The molecule has 0 radical (unpaired) electrons. The lowest BCUT2D eigenvalue weighted by Gasteiger charge is -2.37. The number of nitrogens with zero attached hydrogens (tertiary/aromatic N) is 2. The molecule has 0 atom stereocenters. The van der Waals surface area contributed by atoms with Crippen molar-refractivity contribution in [2.24, 2.45) is 0 Å². The normalized spacial score (nSPS) is 14.3. The van der Waals surface area contributed by atoms with Crippen LogP contribution in [0.4, 0.5) is 0 Å².